The minimum absolute atomic E-state index is 0.0676. The number of rotatable bonds is 3. The highest BCUT2D eigenvalue weighted by Gasteiger charge is 2.39. The first-order chi connectivity index (χ1) is 7.15. The van der Waals surface area contributed by atoms with Crippen molar-refractivity contribution in [3.8, 4) is 5.75 Å². The average Bonchev–Trinajstić information content (AvgIpc) is 2.55. The normalized spacial score (nSPS) is 23.3. The number of para-hydroxylation sites is 1. The van der Waals surface area contributed by atoms with Crippen LogP contribution in [0, 0.1) is 0 Å². The lowest BCUT2D eigenvalue weighted by molar-refractivity contribution is -0.141. The lowest BCUT2D eigenvalue weighted by atomic mass is 9.91. The first kappa shape index (κ1) is 10.0. The van der Waals surface area contributed by atoms with Crippen molar-refractivity contribution in [2.75, 3.05) is 0 Å². The number of carbonyl (C=O) groups is 1. The minimum Gasteiger partial charge on any atom is -0.486 e. The number of fused-ring (bicyclic) bond motifs is 1. The second kappa shape index (κ2) is 3.57. The van der Waals surface area contributed by atoms with E-state index in [0.29, 0.717) is 12.8 Å². The Labute approximate surface area is 88.7 Å². The molecule has 3 nitrogen and oxygen atoms in total. The van der Waals surface area contributed by atoms with Crippen LogP contribution in [0.3, 0.4) is 0 Å². The molecule has 0 spiro atoms. The van der Waals surface area contributed by atoms with E-state index in [2.05, 4.69) is 0 Å². The van der Waals surface area contributed by atoms with Crippen LogP contribution in [0.15, 0.2) is 24.3 Å². The van der Waals surface area contributed by atoms with Gasteiger partial charge < -0.3 is 9.84 Å². The van der Waals surface area contributed by atoms with Crippen LogP contribution in [0.25, 0.3) is 0 Å². The SMILES string of the molecule is CCC1(CC(=O)O)Cc2ccccc2O1. The molecule has 1 aliphatic rings. The topological polar surface area (TPSA) is 46.5 Å². The van der Waals surface area contributed by atoms with E-state index >= 15 is 0 Å². The zero-order valence-electron chi connectivity index (χ0n) is 8.69. The van der Waals surface area contributed by atoms with Crippen molar-refractivity contribution < 1.29 is 14.6 Å². The zero-order chi connectivity index (χ0) is 10.9. The third kappa shape index (κ3) is 1.82. The molecule has 0 aliphatic carbocycles. The third-order valence-electron chi connectivity index (χ3n) is 2.93. The molecule has 1 N–H and O–H groups in total. The zero-order valence-corrected chi connectivity index (χ0v) is 8.69. The van der Waals surface area contributed by atoms with Crippen LogP contribution < -0.4 is 4.74 Å². The van der Waals surface area contributed by atoms with E-state index in [0.717, 1.165) is 11.3 Å². The molecule has 0 fully saturated rings. The van der Waals surface area contributed by atoms with Crippen LogP contribution in [0.2, 0.25) is 0 Å². The molecule has 1 heterocycles. The first-order valence-electron chi connectivity index (χ1n) is 5.14. The van der Waals surface area contributed by atoms with Crippen LogP contribution in [0.1, 0.15) is 25.3 Å². The summed E-state index contributed by atoms with van der Waals surface area (Å²) >= 11 is 0. The molecule has 3 heteroatoms. The van der Waals surface area contributed by atoms with Gasteiger partial charge >= 0.3 is 5.97 Å². The Bertz CT molecular complexity index is 359. The van der Waals surface area contributed by atoms with Gasteiger partial charge in [-0.2, -0.15) is 0 Å². The van der Waals surface area contributed by atoms with Crippen molar-refractivity contribution in [3.05, 3.63) is 29.8 Å². The number of hydrogen-bond donors (Lipinski definition) is 1. The lowest BCUT2D eigenvalue weighted by Gasteiger charge is -2.25. The number of aliphatic carboxylic acids is 1. The number of benzene rings is 1. The molecule has 0 bridgehead atoms. The molecule has 1 atom stereocenters. The van der Waals surface area contributed by atoms with Crippen molar-refractivity contribution in [3.63, 3.8) is 0 Å². The molecule has 0 amide bonds. The highest BCUT2D eigenvalue weighted by Crippen LogP contribution is 2.38. The molecule has 1 aromatic rings. The lowest BCUT2D eigenvalue weighted by Crippen LogP contribution is -2.36. The summed E-state index contributed by atoms with van der Waals surface area (Å²) < 4.78 is 5.77. The number of carboxylic acids is 1. The van der Waals surface area contributed by atoms with Crippen LogP contribution in [0.5, 0.6) is 5.75 Å². The van der Waals surface area contributed by atoms with Gasteiger partial charge in [-0.3, -0.25) is 4.79 Å². The van der Waals surface area contributed by atoms with Gasteiger partial charge in [0.1, 0.15) is 11.4 Å². The summed E-state index contributed by atoms with van der Waals surface area (Å²) in [6.07, 6.45) is 1.48. The van der Waals surface area contributed by atoms with Crippen molar-refractivity contribution in [2.24, 2.45) is 0 Å². The Morgan fingerprint density at radius 2 is 2.27 bits per heavy atom. The molecule has 1 aromatic carbocycles. The molecule has 0 saturated heterocycles. The monoisotopic (exact) mass is 206 g/mol. The smallest absolute Gasteiger partial charge is 0.307 e. The molecule has 1 aliphatic heterocycles. The standard InChI is InChI=1S/C12H14O3/c1-2-12(8-11(13)14)7-9-5-3-4-6-10(9)15-12/h3-6H,2,7-8H2,1H3,(H,13,14). The number of carboxylic acid groups (broad SMARTS) is 1. The maximum Gasteiger partial charge on any atom is 0.307 e. The maximum atomic E-state index is 10.8. The van der Waals surface area contributed by atoms with Gasteiger partial charge in [0.25, 0.3) is 0 Å². The molecule has 0 saturated carbocycles. The third-order valence-corrected chi connectivity index (χ3v) is 2.93. The number of ether oxygens (including phenoxy) is 1. The van der Waals surface area contributed by atoms with E-state index in [1.54, 1.807) is 0 Å². The summed E-state index contributed by atoms with van der Waals surface area (Å²) in [5.41, 5.74) is 0.579. The van der Waals surface area contributed by atoms with Crippen molar-refractivity contribution in [1.82, 2.24) is 0 Å². The Morgan fingerprint density at radius 1 is 1.53 bits per heavy atom. The molecular weight excluding hydrogens is 192 g/mol. The van der Waals surface area contributed by atoms with Gasteiger partial charge in [0.15, 0.2) is 0 Å². The Hall–Kier alpha value is -1.51. The summed E-state index contributed by atoms with van der Waals surface area (Å²) in [5, 5.41) is 8.87. The van der Waals surface area contributed by atoms with Crippen LogP contribution in [0.4, 0.5) is 0 Å². The molecular formula is C12H14O3. The van der Waals surface area contributed by atoms with Gasteiger partial charge in [-0.05, 0) is 18.1 Å². The molecule has 15 heavy (non-hydrogen) atoms. The summed E-state index contributed by atoms with van der Waals surface area (Å²) in [6.45, 7) is 1.97. The van der Waals surface area contributed by atoms with Gasteiger partial charge in [0.2, 0.25) is 0 Å². The molecule has 0 aromatic heterocycles. The van der Waals surface area contributed by atoms with E-state index in [1.807, 2.05) is 31.2 Å². The van der Waals surface area contributed by atoms with E-state index in [4.69, 9.17) is 9.84 Å². The van der Waals surface area contributed by atoms with E-state index < -0.39 is 11.6 Å². The van der Waals surface area contributed by atoms with Crippen LogP contribution in [-0.4, -0.2) is 16.7 Å². The van der Waals surface area contributed by atoms with E-state index in [9.17, 15) is 4.79 Å². The average molecular weight is 206 g/mol. The summed E-state index contributed by atoms with van der Waals surface area (Å²) in [5.74, 6) is 0.0326. The first-order valence-corrected chi connectivity index (χ1v) is 5.14. The Kier molecular flexibility index (Phi) is 2.39. The largest absolute Gasteiger partial charge is 0.486 e. The molecule has 2 rings (SSSR count). The fraction of sp³-hybridized carbons (Fsp3) is 0.417. The van der Waals surface area contributed by atoms with Crippen LogP contribution in [-0.2, 0) is 11.2 Å². The van der Waals surface area contributed by atoms with Crippen molar-refractivity contribution in [2.45, 2.75) is 31.8 Å². The molecule has 0 radical (unpaired) electrons. The fourth-order valence-electron chi connectivity index (χ4n) is 2.06. The van der Waals surface area contributed by atoms with E-state index in [1.165, 1.54) is 0 Å². The van der Waals surface area contributed by atoms with Crippen molar-refractivity contribution in [1.29, 1.82) is 0 Å². The van der Waals surface area contributed by atoms with Gasteiger partial charge in [-0.25, -0.2) is 0 Å². The summed E-state index contributed by atoms with van der Waals surface area (Å²) in [4.78, 5) is 10.8. The molecule has 1 unspecified atom stereocenters. The number of hydrogen-bond acceptors (Lipinski definition) is 2. The predicted octanol–water partition coefficient (Wildman–Crippen LogP) is 2.25. The second-order valence-corrected chi connectivity index (χ2v) is 3.99. The highest BCUT2D eigenvalue weighted by atomic mass is 16.5. The Morgan fingerprint density at radius 3 is 2.87 bits per heavy atom. The minimum atomic E-state index is -0.801. The van der Waals surface area contributed by atoms with Gasteiger partial charge in [-0.15, -0.1) is 0 Å². The van der Waals surface area contributed by atoms with Gasteiger partial charge in [0, 0.05) is 6.42 Å². The predicted molar refractivity (Wildman–Crippen MR) is 56.0 cm³/mol. The van der Waals surface area contributed by atoms with Gasteiger partial charge in [0.05, 0.1) is 6.42 Å². The Balaban J connectivity index is 2.25. The van der Waals surface area contributed by atoms with Crippen molar-refractivity contribution >= 4 is 5.97 Å². The summed E-state index contributed by atoms with van der Waals surface area (Å²) in [7, 11) is 0. The fourth-order valence-corrected chi connectivity index (χ4v) is 2.06. The maximum absolute atomic E-state index is 10.8. The van der Waals surface area contributed by atoms with Gasteiger partial charge in [-0.1, -0.05) is 25.1 Å². The highest BCUT2D eigenvalue weighted by molar-refractivity contribution is 5.68. The quantitative estimate of drug-likeness (QED) is 0.825. The van der Waals surface area contributed by atoms with E-state index in [-0.39, 0.29) is 6.42 Å². The molecule has 80 valence electrons. The summed E-state index contributed by atoms with van der Waals surface area (Å²) in [6, 6.07) is 7.75. The second-order valence-electron chi connectivity index (χ2n) is 3.99. The van der Waals surface area contributed by atoms with Crippen LogP contribution >= 0.6 is 0 Å².